The summed E-state index contributed by atoms with van der Waals surface area (Å²) in [5, 5.41) is 2.87. The number of anilines is 1. The van der Waals surface area contributed by atoms with Gasteiger partial charge in [0.1, 0.15) is 0 Å². The van der Waals surface area contributed by atoms with Crippen LogP contribution in [0.2, 0.25) is 0 Å². The molecule has 0 aliphatic carbocycles. The quantitative estimate of drug-likeness (QED) is 0.752. The van der Waals surface area contributed by atoms with E-state index in [1.54, 1.807) is 36.1 Å². The van der Waals surface area contributed by atoms with Crippen LogP contribution in [0, 0.1) is 5.92 Å². The van der Waals surface area contributed by atoms with Gasteiger partial charge in [0.15, 0.2) is 11.5 Å². The molecule has 0 aromatic heterocycles. The van der Waals surface area contributed by atoms with Crippen molar-refractivity contribution in [2.75, 3.05) is 31.8 Å². The monoisotopic (exact) mass is 410 g/mol. The molecule has 7 heteroatoms. The van der Waals surface area contributed by atoms with Crippen LogP contribution >= 0.6 is 0 Å². The fourth-order valence-corrected chi connectivity index (χ4v) is 3.91. The van der Waals surface area contributed by atoms with Crippen LogP contribution in [0.15, 0.2) is 42.5 Å². The number of urea groups is 1. The van der Waals surface area contributed by atoms with Gasteiger partial charge in [0.25, 0.3) is 0 Å². The lowest BCUT2D eigenvalue weighted by atomic mass is 9.90. The Balaban J connectivity index is 1.31. The van der Waals surface area contributed by atoms with Crippen molar-refractivity contribution in [2.24, 2.45) is 5.92 Å². The summed E-state index contributed by atoms with van der Waals surface area (Å²) in [4.78, 5) is 26.6. The lowest BCUT2D eigenvalue weighted by Gasteiger charge is -2.32. The Morgan fingerprint density at radius 2 is 1.87 bits per heavy atom. The summed E-state index contributed by atoms with van der Waals surface area (Å²) >= 11 is 0. The van der Waals surface area contributed by atoms with Crippen molar-refractivity contribution < 1.29 is 23.8 Å². The Hall–Kier alpha value is -3.22. The van der Waals surface area contributed by atoms with E-state index in [1.165, 1.54) is 5.56 Å². The molecule has 0 bridgehead atoms. The summed E-state index contributed by atoms with van der Waals surface area (Å²) in [6.07, 6.45) is 2.82. The maximum Gasteiger partial charge on any atom is 0.340 e. The van der Waals surface area contributed by atoms with Crippen LogP contribution in [-0.4, -0.2) is 43.4 Å². The summed E-state index contributed by atoms with van der Waals surface area (Å²) < 4.78 is 15.9. The smallest absolute Gasteiger partial charge is 0.340 e. The zero-order chi connectivity index (χ0) is 20.9. The number of hydrogen-bond donors (Lipinski definition) is 1. The second kappa shape index (κ2) is 9.07. The number of piperidine rings is 1. The Morgan fingerprint density at radius 1 is 1.10 bits per heavy atom. The third kappa shape index (κ3) is 4.50. The number of carbonyl (C=O) groups is 2. The number of likely N-dealkylation sites (tertiary alicyclic amines) is 1. The van der Waals surface area contributed by atoms with Crippen LogP contribution in [0.5, 0.6) is 11.5 Å². The highest BCUT2D eigenvalue weighted by Gasteiger charge is 2.25. The van der Waals surface area contributed by atoms with Crippen LogP contribution in [-0.2, 0) is 11.2 Å². The molecule has 158 valence electrons. The van der Waals surface area contributed by atoms with Gasteiger partial charge in [0.2, 0.25) is 6.79 Å². The van der Waals surface area contributed by atoms with Gasteiger partial charge in [-0.2, -0.15) is 0 Å². The summed E-state index contributed by atoms with van der Waals surface area (Å²) in [7, 11) is 0. The number of nitrogens with zero attached hydrogens (tertiary/aromatic N) is 1. The number of nitrogens with one attached hydrogen (secondary N) is 1. The number of esters is 1. The Morgan fingerprint density at radius 3 is 2.67 bits per heavy atom. The van der Waals surface area contributed by atoms with Crippen LogP contribution < -0.4 is 14.8 Å². The minimum atomic E-state index is -0.434. The molecule has 2 aromatic rings. The number of hydrogen-bond acceptors (Lipinski definition) is 5. The number of carbonyl (C=O) groups excluding carboxylic acids is 2. The van der Waals surface area contributed by atoms with Crippen molar-refractivity contribution in [3.63, 3.8) is 0 Å². The summed E-state index contributed by atoms with van der Waals surface area (Å²) in [5.41, 5.74) is 2.07. The van der Waals surface area contributed by atoms with Crippen LogP contribution in [0.3, 0.4) is 0 Å². The summed E-state index contributed by atoms with van der Waals surface area (Å²) in [5.74, 6) is 1.69. The van der Waals surface area contributed by atoms with Gasteiger partial charge in [-0.25, -0.2) is 9.59 Å². The van der Waals surface area contributed by atoms with Crippen molar-refractivity contribution in [3.8, 4) is 11.5 Å². The van der Waals surface area contributed by atoms with E-state index < -0.39 is 5.97 Å². The molecule has 0 atom stereocenters. The van der Waals surface area contributed by atoms with Gasteiger partial charge in [-0.1, -0.05) is 18.2 Å². The molecular weight excluding hydrogens is 384 g/mol. The van der Waals surface area contributed by atoms with Crippen molar-refractivity contribution in [1.82, 2.24) is 4.90 Å². The fraction of sp³-hybridized carbons (Fsp3) is 0.391. The van der Waals surface area contributed by atoms with Gasteiger partial charge in [0, 0.05) is 13.1 Å². The topological polar surface area (TPSA) is 77.1 Å². The molecule has 7 nitrogen and oxygen atoms in total. The molecule has 30 heavy (non-hydrogen) atoms. The molecule has 2 aliphatic rings. The van der Waals surface area contributed by atoms with Crippen molar-refractivity contribution in [3.05, 3.63) is 53.6 Å². The minimum absolute atomic E-state index is 0.187. The second-order valence-corrected chi connectivity index (χ2v) is 7.52. The van der Waals surface area contributed by atoms with Crippen molar-refractivity contribution >= 4 is 17.7 Å². The van der Waals surface area contributed by atoms with E-state index in [9.17, 15) is 9.59 Å². The molecule has 0 unspecified atom stereocenters. The molecule has 0 radical (unpaired) electrons. The third-order valence-corrected chi connectivity index (χ3v) is 5.53. The number of para-hydroxylation sites is 1. The Bertz CT molecular complexity index is 922. The third-order valence-electron chi connectivity index (χ3n) is 5.53. The first kappa shape index (κ1) is 20.1. The predicted octanol–water partition coefficient (Wildman–Crippen LogP) is 4.08. The van der Waals surface area contributed by atoms with Gasteiger partial charge >= 0.3 is 12.0 Å². The van der Waals surface area contributed by atoms with E-state index in [2.05, 4.69) is 11.4 Å². The highest BCUT2D eigenvalue weighted by Crippen LogP contribution is 2.34. The first-order chi connectivity index (χ1) is 14.6. The number of ether oxygens (including phenoxy) is 3. The van der Waals surface area contributed by atoms with E-state index in [0.717, 1.165) is 30.8 Å². The zero-order valence-electron chi connectivity index (χ0n) is 17.1. The highest BCUT2D eigenvalue weighted by molar-refractivity contribution is 6.00. The average molecular weight is 410 g/mol. The lowest BCUT2D eigenvalue weighted by molar-refractivity contribution is 0.0527. The van der Waals surface area contributed by atoms with Gasteiger partial charge in [-0.3, -0.25) is 0 Å². The Labute approximate surface area is 175 Å². The van der Waals surface area contributed by atoms with E-state index >= 15 is 0 Å². The average Bonchev–Trinajstić information content (AvgIpc) is 3.23. The molecule has 2 amide bonds. The molecular formula is C23H26N2O5. The van der Waals surface area contributed by atoms with Gasteiger partial charge in [-0.15, -0.1) is 0 Å². The van der Waals surface area contributed by atoms with Crippen LogP contribution in [0.25, 0.3) is 0 Å². The minimum Gasteiger partial charge on any atom is -0.462 e. The molecule has 2 aliphatic heterocycles. The summed E-state index contributed by atoms with van der Waals surface area (Å²) in [6, 6.07) is 12.8. The maximum absolute atomic E-state index is 12.7. The van der Waals surface area contributed by atoms with E-state index in [-0.39, 0.29) is 19.4 Å². The number of amides is 2. The highest BCUT2D eigenvalue weighted by atomic mass is 16.7. The van der Waals surface area contributed by atoms with Gasteiger partial charge < -0.3 is 24.4 Å². The number of rotatable bonds is 5. The maximum atomic E-state index is 12.7. The molecule has 2 aromatic carbocycles. The number of fused-ring (bicyclic) bond motifs is 1. The molecule has 4 rings (SSSR count). The Kier molecular flexibility index (Phi) is 6.07. The predicted molar refractivity (Wildman–Crippen MR) is 112 cm³/mol. The van der Waals surface area contributed by atoms with Crippen LogP contribution in [0.1, 0.15) is 35.7 Å². The van der Waals surface area contributed by atoms with Gasteiger partial charge in [-0.05, 0) is 61.9 Å². The normalized spacial score (nSPS) is 15.7. The van der Waals surface area contributed by atoms with Crippen molar-refractivity contribution in [2.45, 2.75) is 26.2 Å². The molecule has 1 saturated heterocycles. The van der Waals surface area contributed by atoms with Crippen molar-refractivity contribution in [1.29, 1.82) is 0 Å². The second-order valence-electron chi connectivity index (χ2n) is 7.52. The molecule has 0 spiro atoms. The molecule has 2 heterocycles. The summed E-state index contributed by atoms with van der Waals surface area (Å²) in [6.45, 7) is 3.70. The standard InChI is InChI=1S/C23H26N2O5/c1-2-28-22(26)18-5-3-4-6-19(18)24-23(27)25-11-9-16(10-12-25)13-17-7-8-20-21(14-17)30-15-29-20/h3-8,14,16H,2,9-13,15H2,1H3,(H,24,27). The number of benzene rings is 2. The van der Waals surface area contributed by atoms with Crippen LogP contribution in [0.4, 0.5) is 10.5 Å². The van der Waals surface area contributed by atoms with E-state index in [1.807, 2.05) is 12.1 Å². The fourth-order valence-electron chi connectivity index (χ4n) is 3.91. The van der Waals surface area contributed by atoms with E-state index in [4.69, 9.17) is 14.2 Å². The van der Waals surface area contributed by atoms with E-state index in [0.29, 0.717) is 30.3 Å². The van der Waals surface area contributed by atoms with Gasteiger partial charge in [0.05, 0.1) is 17.9 Å². The largest absolute Gasteiger partial charge is 0.462 e. The lowest BCUT2D eigenvalue weighted by Crippen LogP contribution is -2.41. The molecule has 0 saturated carbocycles. The zero-order valence-corrected chi connectivity index (χ0v) is 17.1. The molecule has 1 fully saturated rings. The molecule has 1 N–H and O–H groups in total. The first-order valence-electron chi connectivity index (χ1n) is 10.3. The SMILES string of the molecule is CCOC(=O)c1ccccc1NC(=O)N1CCC(Cc2ccc3c(c2)OCO3)CC1. The first-order valence-corrected chi connectivity index (χ1v) is 10.3.